The van der Waals surface area contributed by atoms with Gasteiger partial charge in [0.2, 0.25) is 11.8 Å². The number of anilines is 1. The van der Waals surface area contributed by atoms with Crippen molar-refractivity contribution in [3.8, 4) is 0 Å². The van der Waals surface area contributed by atoms with Gasteiger partial charge in [-0.15, -0.1) is 0 Å². The fourth-order valence-corrected chi connectivity index (χ4v) is 3.23. The minimum atomic E-state index is -0.236. The molecule has 7 heteroatoms. The molecule has 0 unspecified atom stereocenters. The Bertz CT molecular complexity index is 527. The number of nitrogens with zero attached hydrogens (tertiary/aromatic N) is 3. The van der Waals surface area contributed by atoms with Crippen molar-refractivity contribution < 1.29 is 14.1 Å². The van der Waals surface area contributed by atoms with Crippen LogP contribution in [0.3, 0.4) is 0 Å². The average molecular weight is 364 g/mol. The maximum atomic E-state index is 12.6. The summed E-state index contributed by atoms with van der Waals surface area (Å²) >= 11 is 0. The number of nitrogens with one attached hydrogen (secondary N) is 1. The van der Waals surface area contributed by atoms with Gasteiger partial charge in [-0.2, -0.15) is 0 Å². The van der Waals surface area contributed by atoms with Crippen LogP contribution in [0.15, 0.2) is 16.9 Å². The molecule has 0 bridgehead atoms. The third kappa shape index (κ3) is 7.56. The van der Waals surface area contributed by atoms with Gasteiger partial charge in [0.25, 0.3) is 0 Å². The van der Waals surface area contributed by atoms with Crippen LogP contribution in [0.1, 0.15) is 58.3 Å². The minimum absolute atomic E-state index is 0.0640. The van der Waals surface area contributed by atoms with Gasteiger partial charge in [-0.3, -0.25) is 9.59 Å². The number of hydrogen-bond donors (Lipinski definition) is 1. The van der Waals surface area contributed by atoms with E-state index in [-0.39, 0.29) is 18.4 Å². The fraction of sp³-hybridized carbons (Fsp3) is 0.737. The van der Waals surface area contributed by atoms with Gasteiger partial charge in [-0.25, -0.2) is 0 Å². The number of unbranched alkanes of at least 4 members (excludes halogenated alkanes) is 4. The van der Waals surface area contributed by atoms with Crippen LogP contribution < -0.4 is 5.32 Å². The third-order valence-electron chi connectivity index (χ3n) is 4.77. The van der Waals surface area contributed by atoms with E-state index in [0.717, 1.165) is 32.5 Å². The first kappa shape index (κ1) is 20.4. The van der Waals surface area contributed by atoms with E-state index in [0.29, 0.717) is 18.8 Å². The molecule has 0 spiro atoms. The minimum Gasteiger partial charge on any atom is -0.363 e. The largest absolute Gasteiger partial charge is 0.363 e. The molecule has 0 radical (unpaired) electrons. The van der Waals surface area contributed by atoms with Crippen molar-refractivity contribution in [3.63, 3.8) is 0 Å². The second kappa shape index (κ2) is 11.7. The molecule has 1 fully saturated rings. The highest BCUT2D eigenvalue weighted by molar-refractivity contribution is 5.93. The van der Waals surface area contributed by atoms with Crippen molar-refractivity contribution in [3.05, 3.63) is 12.3 Å². The van der Waals surface area contributed by atoms with Crippen molar-refractivity contribution in [2.45, 2.75) is 58.3 Å². The molecule has 2 amide bonds. The number of hydrogen-bond acceptors (Lipinski definition) is 5. The lowest BCUT2D eigenvalue weighted by atomic mass is 10.1. The molecule has 2 rings (SSSR count). The maximum Gasteiger partial charge on any atom is 0.245 e. The van der Waals surface area contributed by atoms with E-state index in [1.807, 2.05) is 0 Å². The molecule has 1 saturated heterocycles. The predicted octanol–water partition coefficient (Wildman–Crippen LogP) is 2.90. The van der Waals surface area contributed by atoms with E-state index >= 15 is 0 Å². The number of rotatable bonds is 12. The van der Waals surface area contributed by atoms with Crippen LogP contribution >= 0.6 is 0 Å². The Hall–Kier alpha value is -1.89. The summed E-state index contributed by atoms with van der Waals surface area (Å²) in [4.78, 5) is 28.9. The SMILES string of the molecule is CCCCCCCC(=O)N(CCN1CCCC1)CC(=O)Nc1ccon1. The molecule has 0 saturated carbocycles. The van der Waals surface area contributed by atoms with E-state index < -0.39 is 0 Å². The van der Waals surface area contributed by atoms with Crippen molar-refractivity contribution in [2.75, 3.05) is 38.0 Å². The highest BCUT2D eigenvalue weighted by atomic mass is 16.5. The van der Waals surface area contributed by atoms with Crippen LogP contribution in [0, 0.1) is 0 Å². The van der Waals surface area contributed by atoms with Gasteiger partial charge in [-0.1, -0.05) is 37.8 Å². The summed E-state index contributed by atoms with van der Waals surface area (Å²) in [6.07, 6.45) is 9.91. The first-order chi connectivity index (χ1) is 12.7. The van der Waals surface area contributed by atoms with Crippen molar-refractivity contribution in [2.24, 2.45) is 0 Å². The first-order valence-electron chi connectivity index (χ1n) is 9.89. The molecule has 1 aliphatic heterocycles. The Morgan fingerprint density at radius 3 is 2.69 bits per heavy atom. The lowest BCUT2D eigenvalue weighted by Crippen LogP contribution is -2.42. The maximum absolute atomic E-state index is 12.6. The Morgan fingerprint density at radius 2 is 2.00 bits per heavy atom. The van der Waals surface area contributed by atoms with Crippen molar-refractivity contribution in [1.29, 1.82) is 0 Å². The van der Waals surface area contributed by atoms with E-state index in [1.54, 1.807) is 11.0 Å². The van der Waals surface area contributed by atoms with Crippen LogP contribution in [0.25, 0.3) is 0 Å². The summed E-state index contributed by atoms with van der Waals surface area (Å²) in [5.41, 5.74) is 0. The number of carbonyl (C=O) groups excluding carboxylic acids is 2. The molecule has 0 aliphatic carbocycles. The van der Waals surface area contributed by atoms with Gasteiger partial charge in [0.1, 0.15) is 6.26 Å². The van der Waals surface area contributed by atoms with Gasteiger partial charge >= 0.3 is 0 Å². The van der Waals surface area contributed by atoms with E-state index in [4.69, 9.17) is 4.52 Å². The summed E-state index contributed by atoms with van der Waals surface area (Å²) in [6.45, 7) is 5.85. The van der Waals surface area contributed by atoms with Crippen LogP contribution in [0.5, 0.6) is 0 Å². The number of amides is 2. The lowest BCUT2D eigenvalue weighted by molar-refractivity contribution is -0.135. The normalized spacial score (nSPS) is 14.5. The van der Waals surface area contributed by atoms with Crippen LogP contribution in [-0.4, -0.2) is 59.5 Å². The van der Waals surface area contributed by atoms with Gasteiger partial charge in [0.15, 0.2) is 5.82 Å². The van der Waals surface area contributed by atoms with Crippen molar-refractivity contribution >= 4 is 17.6 Å². The fourth-order valence-electron chi connectivity index (χ4n) is 3.23. The van der Waals surface area contributed by atoms with Crippen LogP contribution in [0.4, 0.5) is 5.82 Å². The van der Waals surface area contributed by atoms with E-state index in [9.17, 15) is 9.59 Å². The molecule has 26 heavy (non-hydrogen) atoms. The molecule has 1 aromatic rings. The molecule has 1 aromatic heterocycles. The number of carbonyl (C=O) groups is 2. The zero-order valence-electron chi connectivity index (χ0n) is 15.9. The Kier molecular flexibility index (Phi) is 9.17. The molecule has 1 aliphatic rings. The molecule has 0 atom stereocenters. The first-order valence-corrected chi connectivity index (χ1v) is 9.89. The van der Waals surface area contributed by atoms with E-state index in [1.165, 1.54) is 38.4 Å². The zero-order chi connectivity index (χ0) is 18.6. The highest BCUT2D eigenvalue weighted by Crippen LogP contribution is 2.10. The average Bonchev–Trinajstić information content (AvgIpc) is 3.32. The highest BCUT2D eigenvalue weighted by Gasteiger charge is 2.19. The predicted molar refractivity (Wildman–Crippen MR) is 101 cm³/mol. The number of aromatic nitrogens is 1. The van der Waals surface area contributed by atoms with Crippen LogP contribution in [0.2, 0.25) is 0 Å². The Balaban J connectivity index is 1.80. The standard InChI is InChI=1S/C19H32N4O3/c1-2-3-4-5-6-9-19(25)23(14-13-22-11-7-8-12-22)16-18(24)20-17-10-15-26-21-17/h10,15H,2-9,11-14,16H2,1H3,(H,20,21,24). The Morgan fingerprint density at radius 1 is 1.23 bits per heavy atom. The molecule has 146 valence electrons. The van der Waals surface area contributed by atoms with Crippen LogP contribution in [-0.2, 0) is 9.59 Å². The molecule has 2 heterocycles. The Labute approximate surface area is 156 Å². The quantitative estimate of drug-likeness (QED) is 0.577. The van der Waals surface area contributed by atoms with Gasteiger partial charge in [0, 0.05) is 25.6 Å². The van der Waals surface area contributed by atoms with Gasteiger partial charge in [-0.05, 0) is 32.4 Å². The smallest absolute Gasteiger partial charge is 0.245 e. The molecular weight excluding hydrogens is 332 g/mol. The summed E-state index contributed by atoms with van der Waals surface area (Å²) in [5, 5.41) is 6.34. The summed E-state index contributed by atoms with van der Waals surface area (Å²) in [6, 6.07) is 1.59. The molecule has 1 N–H and O–H groups in total. The molecular formula is C19H32N4O3. The molecule has 0 aromatic carbocycles. The third-order valence-corrected chi connectivity index (χ3v) is 4.77. The van der Waals surface area contributed by atoms with Crippen molar-refractivity contribution in [1.82, 2.24) is 15.0 Å². The summed E-state index contributed by atoms with van der Waals surface area (Å²) in [5.74, 6) is 0.206. The second-order valence-corrected chi connectivity index (χ2v) is 6.96. The summed E-state index contributed by atoms with van der Waals surface area (Å²) in [7, 11) is 0. The topological polar surface area (TPSA) is 78.7 Å². The summed E-state index contributed by atoms with van der Waals surface area (Å²) < 4.78 is 4.72. The molecule has 7 nitrogen and oxygen atoms in total. The second-order valence-electron chi connectivity index (χ2n) is 6.96. The van der Waals surface area contributed by atoms with E-state index in [2.05, 4.69) is 22.3 Å². The lowest BCUT2D eigenvalue weighted by Gasteiger charge is -2.25. The zero-order valence-corrected chi connectivity index (χ0v) is 15.9. The number of likely N-dealkylation sites (tertiary alicyclic amines) is 1. The van der Waals surface area contributed by atoms with Gasteiger partial charge in [0.05, 0.1) is 6.54 Å². The monoisotopic (exact) mass is 364 g/mol. The van der Waals surface area contributed by atoms with Gasteiger partial charge < -0.3 is 19.6 Å².